The van der Waals surface area contributed by atoms with Crippen LogP contribution in [0.15, 0.2) is 174 Å². The predicted molar refractivity (Wildman–Crippen MR) is 212 cm³/mol. The van der Waals surface area contributed by atoms with E-state index in [0.717, 1.165) is 55.4 Å². The molecule has 242 valence electrons. The van der Waals surface area contributed by atoms with E-state index in [2.05, 4.69) is 106 Å². The number of nitrogens with zero attached hydrogens (tertiary/aromatic N) is 4. The zero-order chi connectivity index (χ0) is 34.6. The second kappa shape index (κ2) is 11.9. The third-order valence-electron chi connectivity index (χ3n) is 9.84. The summed E-state index contributed by atoms with van der Waals surface area (Å²) < 4.78 is 9.08. The van der Waals surface area contributed by atoms with Gasteiger partial charge in [-0.05, 0) is 53.1 Å². The Kier molecular flexibility index (Phi) is 6.80. The maximum Gasteiger partial charge on any atom is 0.238 e. The maximum atomic E-state index is 8.25. The van der Waals surface area contributed by atoms with Crippen LogP contribution >= 0.6 is 0 Å². The molecule has 0 radical (unpaired) electrons. The van der Waals surface area contributed by atoms with Gasteiger partial charge in [0, 0.05) is 38.4 Å². The van der Waals surface area contributed by atoms with Gasteiger partial charge in [-0.1, -0.05) is 133 Å². The number of hydrogen-bond donors (Lipinski definition) is 0. The van der Waals surface area contributed by atoms with E-state index in [1.54, 1.807) is 0 Å². The summed E-state index contributed by atoms with van der Waals surface area (Å²) in [5.74, 6) is 0.567. The maximum absolute atomic E-state index is 8.25. The molecule has 0 spiro atoms. The number of aromatic nitrogens is 3. The highest BCUT2D eigenvalue weighted by Crippen LogP contribution is 2.42. The first-order valence-corrected chi connectivity index (χ1v) is 17.2. The van der Waals surface area contributed by atoms with Crippen LogP contribution in [0.25, 0.3) is 99.3 Å². The molecule has 5 nitrogen and oxygen atoms in total. The summed E-state index contributed by atoms with van der Waals surface area (Å²) >= 11 is 0. The molecule has 0 amide bonds. The number of furan rings is 1. The average Bonchev–Trinajstić information content (AvgIpc) is 3.76. The Morgan fingerprint density at radius 2 is 1.08 bits per heavy atom. The van der Waals surface area contributed by atoms with Gasteiger partial charge in [-0.15, -0.1) is 0 Å². The zero-order valence-electron chi connectivity index (χ0n) is 27.9. The molecule has 52 heavy (non-hydrogen) atoms. The van der Waals surface area contributed by atoms with E-state index >= 15 is 0 Å². The normalized spacial score (nSPS) is 11.4. The fraction of sp³-hybridized carbons (Fsp3) is 0. The van der Waals surface area contributed by atoms with Crippen molar-refractivity contribution < 1.29 is 4.42 Å². The van der Waals surface area contributed by atoms with Crippen molar-refractivity contribution in [3.8, 4) is 50.7 Å². The van der Waals surface area contributed by atoms with Gasteiger partial charge < -0.3 is 8.98 Å². The van der Waals surface area contributed by atoms with E-state index in [1.165, 1.54) is 21.8 Å². The van der Waals surface area contributed by atoms with Crippen LogP contribution in [-0.2, 0) is 0 Å². The fourth-order valence-electron chi connectivity index (χ4n) is 7.46. The minimum Gasteiger partial charge on any atom is -0.455 e. The monoisotopic (exact) mass is 664 g/mol. The number of para-hydroxylation sites is 3. The lowest BCUT2D eigenvalue weighted by molar-refractivity contribution is 0.670. The molecule has 0 N–H and O–H groups in total. The summed E-state index contributed by atoms with van der Waals surface area (Å²) in [4.78, 5) is 13.9. The van der Waals surface area contributed by atoms with Crippen molar-refractivity contribution in [3.63, 3.8) is 0 Å². The first-order valence-electron chi connectivity index (χ1n) is 17.2. The van der Waals surface area contributed by atoms with Gasteiger partial charge in [0.15, 0.2) is 5.82 Å². The van der Waals surface area contributed by atoms with Crippen LogP contribution in [0, 0.1) is 6.57 Å². The van der Waals surface area contributed by atoms with Gasteiger partial charge in [0.2, 0.25) is 5.69 Å². The number of rotatable bonds is 5. The molecule has 7 aromatic carbocycles. The molecule has 3 heterocycles. The highest BCUT2D eigenvalue weighted by Gasteiger charge is 2.21. The van der Waals surface area contributed by atoms with Gasteiger partial charge in [-0.3, -0.25) is 0 Å². The summed E-state index contributed by atoms with van der Waals surface area (Å²) in [6.45, 7) is 8.25. The average molecular weight is 665 g/mol. The van der Waals surface area contributed by atoms with E-state index < -0.39 is 0 Å². The molecule has 0 fully saturated rings. The van der Waals surface area contributed by atoms with E-state index in [-0.39, 0.29) is 0 Å². The topological polar surface area (TPSA) is 48.2 Å². The molecule has 10 aromatic rings. The Hall–Kier alpha value is -7.29. The lowest BCUT2D eigenvalue weighted by atomic mass is 10.0. The van der Waals surface area contributed by atoms with Crippen LogP contribution in [-0.4, -0.2) is 14.5 Å². The molecule has 0 atom stereocenters. The first-order chi connectivity index (χ1) is 25.7. The molecule has 10 rings (SSSR count). The lowest BCUT2D eigenvalue weighted by Gasteiger charge is -2.12. The third-order valence-corrected chi connectivity index (χ3v) is 9.84. The minimum absolute atomic E-state index is 0.406. The van der Waals surface area contributed by atoms with Gasteiger partial charge >= 0.3 is 0 Å². The van der Waals surface area contributed by atoms with Crippen molar-refractivity contribution in [1.29, 1.82) is 0 Å². The van der Waals surface area contributed by atoms with Gasteiger partial charge in [0.25, 0.3) is 0 Å². The summed E-state index contributed by atoms with van der Waals surface area (Å²) in [7, 11) is 0. The fourth-order valence-corrected chi connectivity index (χ4v) is 7.46. The number of hydrogen-bond acceptors (Lipinski definition) is 3. The number of fused-ring (bicyclic) bond motifs is 6. The van der Waals surface area contributed by atoms with Crippen molar-refractivity contribution in [3.05, 3.63) is 181 Å². The molecule has 3 aromatic heterocycles. The van der Waals surface area contributed by atoms with Crippen molar-refractivity contribution in [2.24, 2.45) is 0 Å². The quantitative estimate of drug-likeness (QED) is 0.172. The molecule has 5 heteroatoms. The van der Waals surface area contributed by atoms with Crippen LogP contribution in [0.1, 0.15) is 0 Å². The summed E-state index contributed by atoms with van der Waals surface area (Å²) in [6, 6.07) is 58.0. The first kappa shape index (κ1) is 29.6. The number of benzene rings is 7. The lowest BCUT2D eigenvalue weighted by Crippen LogP contribution is -1.97. The second-order valence-electron chi connectivity index (χ2n) is 12.9. The molecule has 0 saturated heterocycles. The van der Waals surface area contributed by atoms with Gasteiger partial charge in [-0.2, -0.15) is 0 Å². The Balaban J connectivity index is 1.13. The van der Waals surface area contributed by atoms with E-state index in [0.29, 0.717) is 22.9 Å². The largest absolute Gasteiger partial charge is 0.455 e. The standard InChI is InChI=1S/C47H28N4O/c1-48-45-43(30-14-4-2-5-15-30)49-47(31-16-6-3-7-17-31)50-44(45)33-26-27-38-39-23-13-22-35(46(39)52-42(38)29-33)32-18-12-19-34(28-32)51-40-24-10-8-20-36(40)37-21-9-11-25-41(37)51/h2-29H. The third kappa shape index (κ3) is 4.70. The molecule has 0 unspecified atom stereocenters. The van der Waals surface area contributed by atoms with E-state index in [1.807, 2.05) is 72.8 Å². The molecule has 0 aliphatic rings. The van der Waals surface area contributed by atoms with Crippen molar-refractivity contribution >= 4 is 49.4 Å². The smallest absolute Gasteiger partial charge is 0.238 e. The van der Waals surface area contributed by atoms with Crippen LogP contribution in [0.5, 0.6) is 0 Å². The van der Waals surface area contributed by atoms with Gasteiger partial charge in [0.1, 0.15) is 11.2 Å². The highest BCUT2D eigenvalue weighted by molar-refractivity contribution is 6.11. The van der Waals surface area contributed by atoms with Crippen LogP contribution in [0.4, 0.5) is 5.69 Å². The van der Waals surface area contributed by atoms with Crippen LogP contribution in [0.2, 0.25) is 0 Å². The zero-order valence-corrected chi connectivity index (χ0v) is 27.9. The van der Waals surface area contributed by atoms with Gasteiger partial charge in [0.05, 0.1) is 29.0 Å². The molecular weight excluding hydrogens is 637 g/mol. The SMILES string of the molecule is [C-]#[N+]c1c(-c2ccccc2)nc(-c2ccccc2)nc1-c1ccc2c(c1)oc1c(-c3cccc(-n4c5ccccc5c5ccccc54)c3)cccc12. The molecule has 0 aliphatic heterocycles. The van der Waals surface area contributed by atoms with Crippen LogP contribution in [0.3, 0.4) is 0 Å². The Morgan fingerprint density at radius 3 is 1.79 bits per heavy atom. The highest BCUT2D eigenvalue weighted by atomic mass is 16.3. The molecule has 0 aliphatic carbocycles. The van der Waals surface area contributed by atoms with Crippen LogP contribution < -0.4 is 0 Å². The predicted octanol–water partition coefficient (Wildman–Crippen LogP) is 12.7. The Labute approximate surface area is 299 Å². The van der Waals surface area contributed by atoms with Crippen molar-refractivity contribution in [1.82, 2.24) is 14.5 Å². The molecular formula is C47H28N4O. The summed E-state index contributed by atoms with van der Waals surface area (Å²) in [5.41, 5.74) is 11.2. The van der Waals surface area contributed by atoms with Gasteiger partial charge in [-0.25, -0.2) is 14.8 Å². The van der Waals surface area contributed by atoms with Crippen molar-refractivity contribution in [2.45, 2.75) is 0 Å². The van der Waals surface area contributed by atoms with E-state index in [4.69, 9.17) is 21.0 Å². The van der Waals surface area contributed by atoms with E-state index in [9.17, 15) is 0 Å². The summed E-state index contributed by atoms with van der Waals surface area (Å²) in [6.07, 6.45) is 0. The minimum atomic E-state index is 0.406. The summed E-state index contributed by atoms with van der Waals surface area (Å²) in [5, 5.41) is 4.50. The Morgan fingerprint density at radius 1 is 0.481 bits per heavy atom. The Bertz CT molecular complexity index is 2970. The second-order valence-corrected chi connectivity index (χ2v) is 12.9. The van der Waals surface area contributed by atoms with Crippen molar-refractivity contribution in [2.75, 3.05) is 0 Å². The molecule has 0 saturated carbocycles. The molecule has 0 bridgehead atoms.